The standard InChI is InChI=1S/C23H21N3O7S/c1-13-6-5-7-20(14(13)2)25(15(3)27)23-24-18(12-34-23)11-33-22(29)17-8-16(21(28)32-4)9-19(10-17)26(30)31/h5-10,12H,11H2,1-4H3. The van der Waals surface area contributed by atoms with Crippen LogP contribution in [0, 0.1) is 24.0 Å². The zero-order valence-electron chi connectivity index (χ0n) is 18.9. The average Bonchev–Trinajstić information content (AvgIpc) is 3.27. The summed E-state index contributed by atoms with van der Waals surface area (Å²) in [4.78, 5) is 53.0. The molecule has 0 fully saturated rings. The molecule has 0 atom stereocenters. The summed E-state index contributed by atoms with van der Waals surface area (Å²) in [5, 5.41) is 13.2. The van der Waals surface area contributed by atoms with Crippen LogP contribution in [0.5, 0.6) is 0 Å². The van der Waals surface area contributed by atoms with Crippen molar-refractivity contribution < 1.29 is 28.8 Å². The van der Waals surface area contributed by atoms with Crippen molar-refractivity contribution in [1.82, 2.24) is 4.98 Å². The predicted molar refractivity (Wildman–Crippen MR) is 124 cm³/mol. The first-order chi connectivity index (χ1) is 16.1. The quantitative estimate of drug-likeness (QED) is 0.273. The van der Waals surface area contributed by atoms with Gasteiger partial charge in [-0.2, -0.15) is 0 Å². The van der Waals surface area contributed by atoms with Crippen LogP contribution < -0.4 is 4.90 Å². The summed E-state index contributed by atoms with van der Waals surface area (Å²) in [6.07, 6.45) is 0. The van der Waals surface area contributed by atoms with Gasteiger partial charge in [-0.25, -0.2) is 14.6 Å². The van der Waals surface area contributed by atoms with Crippen molar-refractivity contribution in [3.63, 3.8) is 0 Å². The van der Waals surface area contributed by atoms with Gasteiger partial charge in [0, 0.05) is 24.4 Å². The molecule has 0 N–H and O–H groups in total. The second-order valence-electron chi connectivity index (χ2n) is 7.29. The van der Waals surface area contributed by atoms with Gasteiger partial charge in [0.2, 0.25) is 5.91 Å². The van der Waals surface area contributed by atoms with Crippen LogP contribution >= 0.6 is 11.3 Å². The summed E-state index contributed by atoms with van der Waals surface area (Å²) in [7, 11) is 1.13. The van der Waals surface area contributed by atoms with Gasteiger partial charge in [-0.15, -0.1) is 11.3 Å². The fourth-order valence-corrected chi connectivity index (χ4v) is 4.01. The molecule has 11 heteroatoms. The van der Waals surface area contributed by atoms with Gasteiger partial charge in [-0.3, -0.25) is 19.8 Å². The summed E-state index contributed by atoms with van der Waals surface area (Å²) in [5.41, 5.74) is 2.29. The number of nitrogens with zero attached hydrogens (tertiary/aromatic N) is 3. The van der Waals surface area contributed by atoms with Gasteiger partial charge in [0.25, 0.3) is 5.69 Å². The van der Waals surface area contributed by atoms with Crippen molar-refractivity contribution in [1.29, 1.82) is 0 Å². The topological polar surface area (TPSA) is 129 Å². The van der Waals surface area contributed by atoms with E-state index in [1.807, 2.05) is 32.0 Å². The third-order valence-electron chi connectivity index (χ3n) is 5.00. The third kappa shape index (κ3) is 5.26. The molecule has 0 aliphatic heterocycles. The van der Waals surface area contributed by atoms with E-state index in [9.17, 15) is 24.5 Å². The van der Waals surface area contributed by atoms with Crippen LogP contribution in [0.1, 0.15) is 44.5 Å². The molecule has 0 unspecified atom stereocenters. The van der Waals surface area contributed by atoms with E-state index in [2.05, 4.69) is 9.72 Å². The van der Waals surface area contributed by atoms with Gasteiger partial charge in [0.1, 0.15) is 6.61 Å². The SMILES string of the molecule is COC(=O)c1cc(C(=O)OCc2csc(N(C(C)=O)c3cccc(C)c3C)n2)cc([N+](=O)[O-])c1. The molecule has 2 aromatic carbocycles. The van der Waals surface area contributed by atoms with Gasteiger partial charge in [0.05, 0.1) is 34.5 Å². The molecule has 0 bridgehead atoms. The molecule has 3 aromatic rings. The number of non-ortho nitro benzene ring substituents is 1. The molecule has 3 rings (SSSR count). The summed E-state index contributed by atoms with van der Waals surface area (Å²) >= 11 is 1.21. The zero-order chi connectivity index (χ0) is 25.0. The fourth-order valence-electron chi connectivity index (χ4n) is 3.14. The molecule has 0 spiro atoms. The number of rotatable bonds is 7. The third-order valence-corrected chi connectivity index (χ3v) is 5.87. The molecule has 1 heterocycles. The van der Waals surface area contributed by atoms with Crippen LogP contribution in [0.2, 0.25) is 0 Å². The van der Waals surface area contributed by atoms with E-state index in [4.69, 9.17) is 4.74 Å². The van der Waals surface area contributed by atoms with Crippen molar-refractivity contribution in [3.05, 3.63) is 79.8 Å². The molecule has 0 aliphatic carbocycles. The Balaban J connectivity index is 1.80. The highest BCUT2D eigenvalue weighted by Crippen LogP contribution is 2.32. The molecule has 1 aromatic heterocycles. The lowest BCUT2D eigenvalue weighted by molar-refractivity contribution is -0.384. The number of aryl methyl sites for hydroxylation is 1. The lowest BCUT2D eigenvalue weighted by Crippen LogP contribution is -2.23. The molecular weight excluding hydrogens is 462 g/mol. The van der Waals surface area contributed by atoms with Gasteiger partial charge in [-0.1, -0.05) is 12.1 Å². The first-order valence-electron chi connectivity index (χ1n) is 9.98. The van der Waals surface area contributed by atoms with E-state index in [-0.39, 0.29) is 23.6 Å². The average molecular weight is 484 g/mol. The number of hydrogen-bond donors (Lipinski definition) is 0. The van der Waals surface area contributed by atoms with Crippen LogP contribution in [0.15, 0.2) is 41.8 Å². The Morgan fingerprint density at radius 1 is 1.12 bits per heavy atom. The normalized spacial score (nSPS) is 10.5. The number of esters is 2. The highest BCUT2D eigenvalue weighted by atomic mass is 32.1. The molecule has 0 saturated carbocycles. The summed E-state index contributed by atoms with van der Waals surface area (Å²) in [5.74, 6) is -1.92. The predicted octanol–water partition coefficient (Wildman–Crippen LogP) is 4.50. The van der Waals surface area contributed by atoms with Gasteiger partial charge < -0.3 is 9.47 Å². The number of benzene rings is 2. The Morgan fingerprint density at radius 2 is 1.79 bits per heavy atom. The number of amides is 1. The zero-order valence-corrected chi connectivity index (χ0v) is 19.7. The number of thiazole rings is 1. The maximum atomic E-state index is 12.5. The van der Waals surface area contributed by atoms with Gasteiger partial charge >= 0.3 is 11.9 Å². The van der Waals surface area contributed by atoms with E-state index in [0.29, 0.717) is 16.5 Å². The van der Waals surface area contributed by atoms with Crippen LogP contribution in [-0.2, 0) is 20.9 Å². The van der Waals surface area contributed by atoms with Crippen LogP contribution in [0.25, 0.3) is 0 Å². The second-order valence-corrected chi connectivity index (χ2v) is 8.12. The number of nitro groups is 1. The van der Waals surface area contributed by atoms with Crippen LogP contribution in [0.3, 0.4) is 0 Å². The van der Waals surface area contributed by atoms with Gasteiger partial charge in [-0.05, 0) is 37.1 Å². The van der Waals surface area contributed by atoms with Crippen molar-refractivity contribution in [2.24, 2.45) is 0 Å². The summed E-state index contributed by atoms with van der Waals surface area (Å²) in [6, 6.07) is 8.81. The molecule has 0 radical (unpaired) electrons. The maximum Gasteiger partial charge on any atom is 0.338 e. The van der Waals surface area contributed by atoms with Crippen molar-refractivity contribution in [3.8, 4) is 0 Å². The number of hydrogen-bond acceptors (Lipinski definition) is 9. The number of methoxy groups -OCH3 is 1. The van der Waals surface area contributed by atoms with Crippen LogP contribution in [0.4, 0.5) is 16.5 Å². The van der Waals surface area contributed by atoms with Crippen LogP contribution in [-0.4, -0.2) is 34.9 Å². The number of ether oxygens (including phenoxy) is 2. The minimum Gasteiger partial charge on any atom is -0.465 e. The Morgan fingerprint density at radius 3 is 2.41 bits per heavy atom. The molecule has 176 valence electrons. The Hall–Kier alpha value is -4.12. The highest BCUT2D eigenvalue weighted by molar-refractivity contribution is 7.14. The second kappa shape index (κ2) is 10.2. The minimum absolute atomic E-state index is 0.148. The number of nitro benzene ring substituents is 1. The number of carbonyl (C=O) groups is 3. The number of aromatic nitrogens is 1. The van der Waals surface area contributed by atoms with E-state index < -0.39 is 22.5 Å². The van der Waals surface area contributed by atoms with E-state index in [1.165, 1.54) is 23.2 Å². The van der Waals surface area contributed by atoms with E-state index >= 15 is 0 Å². The smallest absolute Gasteiger partial charge is 0.338 e. The maximum absolute atomic E-state index is 12.5. The van der Waals surface area contributed by atoms with Crippen molar-refractivity contribution in [2.45, 2.75) is 27.4 Å². The molecule has 0 aliphatic rings. The lowest BCUT2D eigenvalue weighted by atomic mass is 10.1. The number of carbonyl (C=O) groups excluding carboxylic acids is 3. The first-order valence-corrected chi connectivity index (χ1v) is 10.9. The summed E-state index contributed by atoms with van der Waals surface area (Å²) < 4.78 is 9.82. The van der Waals surface area contributed by atoms with Gasteiger partial charge in [0.15, 0.2) is 5.13 Å². The summed E-state index contributed by atoms with van der Waals surface area (Å²) in [6.45, 7) is 5.07. The lowest BCUT2D eigenvalue weighted by Gasteiger charge is -2.21. The largest absolute Gasteiger partial charge is 0.465 e. The molecule has 0 saturated heterocycles. The molecule has 10 nitrogen and oxygen atoms in total. The molecular formula is C23H21N3O7S. The van der Waals surface area contributed by atoms with Crippen molar-refractivity contribution >= 4 is 45.7 Å². The van der Waals surface area contributed by atoms with E-state index in [0.717, 1.165) is 36.4 Å². The molecule has 34 heavy (non-hydrogen) atoms. The Kier molecular flexibility index (Phi) is 7.37. The number of anilines is 2. The minimum atomic E-state index is -0.874. The van der Waals surface area contributed by atoms with E-state index in [1.54, 1.807) is 5.38 Å². The van der Waals surface area contributed by atoms with Crippen molar-refractivity contribution in [2.75, 3.05) is 12.0 Å². The molecule has 1 amide bonds. The Bertz CT molecular complexity index is 1290. The fraction of sp³-hybridized carbons (Fsp3) is 0.217. The monoisotopic (exact) mass is 483 g/mol. The highest BCUT2D eigenvalue weighted by Gasteiger charge is 2.22. The first kappa shape index (κ1) is 24.5. The Labute approximate surface area is 198 Å².